The summed E-state index contributed by atoms with van der Waals surface area (Å²) >= 11 is 0. The molecule has 0 spiro atoms. The van der Waals surface area contributed by atoms with E-state index in [2.05, 4.69) is 11.8 Å². The maximum Gasteiger partial charge on any atom is 0.405 e. The van der Waals surface area contributed by atoms with Crippen molar-refractivity contribution in [1.29, 1.82) is 0 Å². The quantitative estimate of drug-likeness (QED) is 0.649. The second-order valence-electron chi connectivity index (χ2n) is 6.70. The molecule has 2 rings (SSSR count). The largest absolute Gasteiger partial charge is 0.405 e. The van der Waals surface area contributed by atoms with Crippen molar-refractivity contribution in [2.75, 3.05) is 6.54 Å². The maximum atomic E-state index is 12.6. The SMILES string of the molecule is CC#Cc1cc(C)c(C2C(=O)CC(C(=O)NCC(F)(F)F)CC2=O)c(C)c1. The van der Waals surface area contributed by atoms with Crippen molar-refractivity contribution in [3.63, 3.8) is 0 Å². The Hall–Kier alpha value is -2.62. The van der Waals surface area contributed by atoms with Gasteiger partial charge in [-0.1, -0.05) is 5.92 Å². The van der Waals surface area contributed by atoms with Crippen LogP contribution < -0.4 is 5.32 Å². The minimum absolute atomic E-state index is 0.254. The third-order valence-corrected chi connectivity index (χ3v) is 4.52. The molecule has 27 heavy (non-hydrogen) atoms. The molecule has 0 unspecified atom stereocenters. The normalized spacial score (nSPS) is 20.1. The van der Waals surface area contributed by atoms with Gasteiger partial charge in [0.1, 0.15) is 24.0 Å². The van der Waals surface area contributed by atoms with Crippen molar-refractivity contribution in [2.24, 2.45) is 5.92 Å². The standard InChI is InChI=1S/C20H20F3NO3/c1-4-5-13-6-11(2)17(12(3)7-13)18-15(25)8-14(9-16(18)26)19(27)24-10-20(21,22)23/h6-7,14,18H,8-10H2,1-3H3,(H,24,27). The smallest absolute Gasteiger partial charge is 0.347 e. The number of hydrogen-bond acceptors (Lipinski definition) is 3. The van der Waals surface area contributed by atoms with Gasteiger partial charge in [0.15, 0.2) is 0 Å². The molecule has 1 fully saturated rings. The number of rotatable bonds is 3. The summed E-state index contributed by atoms with van der Waals surface area (Å²) in [5, 5.41) is 1.75. The first-order chi connectivity index (χ1) is 12.5. The summed E-state index contributed by atoms with van der Waals surface area (Å²) in [7, 11) is 0. The van der Waals surface area contributed by atoms with Crippen molar-refractivity contribution >= 4 is 17.5 Å². The van der Waals surface area contributed by atoms with Crippen molar-refractivity contribution in [3.8, 4) is 11.8 Å². The molecule has 1 N–H and O–H groups in total. The van der Waals surface area contributed by atoms with E-state index in [1.807, 2.05) is 0 Å². The van der Waals surface area contributed by atoms with Crippen molar-refractivity contribution in [3.05, 3.63) is 34.4 Å². The van der Waals surface area contributed by atoms with Crippen LogP contribution >= 0.6 is 0 Å². The minimum atomic E-state index is -4.54. The van der Waals surface area contributed by atoms with Crippen LogP contribution in [-0.2, 0) is 14.4 Å². The molecule has 7 heteroatoms. The lowest BCUT2D eigenvalue weighted by molar-refractivity contribution is -0.145. The molecule has 0 atom stereocenters. The average molecular weight is 379 g/mol. The molecule has 0 heterocycles. The van der Waals surface area contributed by atoms with Crippen LogP contribution in [0.3, 0.4) is 0 Å². The fourth-order valence-corrected chi connectivity index (χ4v) is 3.46. The van der Waals surface area contributed by atoms with Gasteiger partial charge >= 0.3 is 6.18 Å². The summed E-state index contributed by atoms with van der Waals surface area (Å²) in [5.74, 6) is 1.85. The minimum Gasteiger partial charge on any atom is -0.347 e. The Balaban J connectivity index is 2.21. The van der Waals surface area contributed by atoms with Gasteiger partial charge < -0.3 is 5.32 Å². The monoisotopic (exact) mass is 379 g/mol. The van der Waals surface area contributed by atoms with Gasteiger partial charge in [0.05, 0.1) is 5.92 Å². The van der Waals surface area contributed by atoms with Crippen molar-refractivity contribution in [2.45, 2.75) is 45.7 Å². The molecule has 1 aromatic rings. The summed E-state index contributed by atoms with van der Waals surface area (Å²) < 4.78 is 36.7. The first-order valence-electron chi connectivity index (χ1n) is 8.47. The third-order valence-electron chi connectivity index (χ3n) is 4.52. The first-order valence-corrected chi connectivity index (χ1v) is 8.47. The molecule has 1 aromatic carbocycles. The summed E-state index contributed by atoms with van der Waals surface area (Å²) in [6, 6.07) is 3.59. The second kappa shape index (κ2) is 7.95. The number of alkyl halides is 3. The Labute approximate surface area is 155 Å². The number of ketones is 2. The first kappa shape index (κ1) is 20.7. The third kappa shape index (κ3) is 4.97. The van der Waals surface area contributed by atoms with Crippen LogP contribution in [0.15, 0.2) is 12.1 Å². The Morgan fingerprint density at radius 3 is 2.11 bits per heavy atom. The summed E-state index contributed by atoms with van der Waals surface area (Å²) in [5.41, 5.74) is 2.87. The molecule has 0 aliphatic heterocycles. The molecule has 1 aliphatic carbocycles. The molecule has 0 radical (unpaired) electrons. The number of amides is 1. The Kier molecular flexibility index (Phi) is 6.09. The highest BCUT2D eigenvalue weighted by molar-refractivity contribution is 6.12. The molecule has 4 nitrogen and oxygen atoms in total. The maximum absolute atomic E-state index is 12.6. The van der Waals surface area contributed by atoms with E-state index in [1.165, 1.54) is 0 Å². The van der Waals surface area contributed by atoms with E-state index in [-0.39, 0.29) is 12.8 Å². The molecule has 0 bridgehead atoms. The molecule has 1 amide bonds. The van der Waals surface area contributed by atoms with E-state index in [0.717, 1.165) is 16.7 Å². The molecule has 144 valence electrons. The van der Waals surface area contributed by atoms with E-state index in [1.54, 1.807) is 38.2 Å². The molecular weight excluding hydrogens is 359 g/mol. The number of hydrogen-bond donors (Lipinski definition) is 1. The molecule has 0 aromatic heterocycles. The van der Waals surface area contributed by atoms with Gasteiger partial charge in [-0.2, -0.15) is 13.2 Å². The zero-order valence-corrected chi connectivity index (χ0v) is 15.3. The van der Waals surface area contributed by atoms with E-state index in [9.17, 15) is 27.6 Å². The van der Waals surface area contributed by atoms with Crippen LogP contribution in [0.5, 0.6) is 0 Å². The van der Waals surface area contributed by atoms with Crippen LogP contribution in [0.25, 0.3) is 0 Å². The zero-order chi connectivity index (χ0) is 20.4. The summed E-state index contributed by atoms with van der Waals surface area (Å²) in [4.78, 5) is 37.1. The summed E-state index contributed by atoms with van der Waals surface area (Å²) in [6.07, 6.45) is -5.05. The van der Waals surface area contributed by atoms with Gasteiger partial charge in [-0.25, -0.2) is 0 Å². The Morgan fingerprint density at radius 2 is 1.67 bits per heavy atom. The molecule has 1 saturated carbocycles. The summed E-state index contributed by atoms with van der Waals surface area (Å²) in [6.45, 7) is 3.79. The molecular formula is C20H20F3NO3. The Morgan fingerprint density at radius 1 is 1.15 bits per heavy atom. The van der Waals surface area contributed by atoms with Gasteiger partial charge in [0.2, 0.25) is 5.91 Å². The highest BCUT2D eigenvalue weighted by Crippen LogP contribution is 2.34. The fraction of sp³-hybridized carbons (Fsp3) is 0.450. The second-order valence-corrected chi connectivity index (χ2v) is 6.70. The number of halogens is 3. The highest BCUT2D eigenvalue weighted by atomic mass is 19.4. The molecule has 1 aliphatic rings. The Bertz CT molecular complexity index is 805. The highest BCUT2D eigenvalue weighted by Gasteiger charge is 2.41. The van der Waals surface area contributed by atoms with Crippen LogP contribution in [0, 0.1) is 31.6 Å². The van der Waals surface area contributed by atoms with Crippen molar-refractivity contribution in [1.82, 2.24) is 5.32 Å². The number of carbonyl (C=O) groups is 3. The number of nitrogens with one attached hydrogen (secondary N) is 1. The number of benzene rings is 1. The van der Waals surface area contributed by atoms with Crippen LogP contribution in [0.1, 0.15) is 47.9 Å². The van der Waals surface area contributed by atoms with Crippen molar-refractivity contribution < 1.29 is 27.6 Å². The van der Waals surface area contributed by atoms with Gasteiger partial charge in [-0.3, -0.25) is 14.4 Å². The lowest BCUT2D eigenvalue weighted by atomic mass is 9.74. The van der Waals surface area contributed by atoms with E-state index in [0.29, 0.717) is 5.56 Å². The average Bonchev–Trinajstić information content (AvgIpc) is 2.53. The van der Waals surface area contributed by atoms with Gasteiger partial charge in [-0.15, -0.1) is 5.92 Å². The van der Waals surface area contributed by atoms with E-state index in [4.69, 9.17) is 0 Å². The number of Topliss-reactive ketones (excluding diaryl/α,β-unsaturated/α-hetero) is 2. The number of aryl methyl sites for hydroxylation is 2. The molecule has 0 saturated heterocycles. The lowest BCUT2D eigenvalue weighted by Gasteiger charge is -2.28. The topological polar surface area (TPSA) is 63.2 Å². The van der Waals surface area contributed by atoms with Crippen LogP contribution in [0.4, 0.5) is 13.2 Å². The van der Waals surface area contributed by atoms with Gasteiger partial charge in [0, 0.05) is 18.4 Å². The fourth-order valence-electron chi connectivity index (χ4n) is 3.46. The zero-order valence-electron chi connectivity index (χ0n) is 15.3. The van der Waals surface area contributed by atoms with E-state index >= 15 is 0 Å². The van der Waals surface area contributed by atoms with Crippen LogP contribution in [-0.4, -0.2) is 30.2 Å². The predicted molar refractivity (Wildman–Crippen MR) is 93.0 cm³/mol. The van der Waals surface area contributed by atoms with Crippen LogP contribution in [0.2, 0.25) is 0 Å². The van der Waals surface area contributed by atoms with Gasteiger partial charge in [0.25, 0.3) is 0 Å². The number of carbonyl (C=O) groups excluding carboxylic acids is 3. The van der Waals surface area contributed by atoms with Gasteiger partial charge in [-0.05, 0) is 49.6 Å². The predicted octanol–water partition coefficient (Wildman–Crippen LogP) is 2.99. The lowest BCUT2D eigenvalue weighted by Crippen LogP contribution is -2.43. The van der Waals surface area contributed by atoms with E-state index < -0.39 is 42.0 Å².